The maximum absolute atomic E-state index is 12.9. The van der Waals surface area contributed by atoms with Gasteiger partial charge in [-0.3, -0.25) is 4.99 Å². The molecule has 0 amide bonds. The fraction of sp³-hybridized carbons (Fsp3) is 0.533. The molecule has 130 valence electrons. The van der Waals surface area contributed by atoms with Crippen LogP contribution >= 0.6 is 0 Å². The normalized spacial score (nSPS) is 13.0. The molecule has 0 aromatic heterocycles. The molecule has 0 aliphatic carbocycles. The van der Waals surface area contributed by atoms with Crippen molar-refractivity contribution in [3.05, 3.63) is 35.6 Å². The third kappa shape index (κ3) is 7.43. The maximum atomic E-state index is 12.9. The van der Waals surface area contributed by atoms with Crippen LogP contribution in [0.4, 0.5) is 4.39 Å². The topological polar surface area (TPSA) is 73.8 Å². The van der Waals surface area contributed by atoms with Gasteiger partial charge in [0.05, 0.1) is 6.26 Å². The van der Waals surface area contributed by atoms with Crippen LogP contribution in [0, 0.1) is 5.82 Å². The number of rotatable bonds is 6. The number of aliphatic imine (C=N–C) groups is 1. The van der Waals surface area contributed by atoms with Crippen LogP contribution in [0.3, 0.4) is 0 Å². The van der Waals surface area contributed by atoms with E-state index in [-0.39, 0.29) is 5.82 Å². The molecule has 0 unspecified atom stereocenters. The molecule has 0 radical (unpaired) electrons. The first kappa shape index (κ1) is 19.4. The highest BCUT2D eigenvalue weighted by molar-refractivity contribution is 7.88. The van der Waals surface area contributed by atoms with Crippen molar-refractivity contribution in [3.63, 3.8) is 0 Å². The standard InChI is InChI=1S/C15H25FN4O2S/c1-15(2,19-23(5,21)22)11-18-14(17-3)20(4)10-12-6-8-13(16)9-7-12/h6-9,19H,10-11H2,1-5H3,(H,17,18). The molecule has 23 heavy (non-hydrogen) atoms. The molecule has 0 spiro atoms. The van der Waals surface area contributed by atoms with Gasteiger partial charge in [0.15, 0.2) is 5.96 Å². The fourth-order valence-electron chi connectivity index (χ4n) is 2.16. The molecule has 0 saturated carbocycles. The Kier molecular flexibility index (Phi) is 6.52. The van der Waals surface area contributed by atoms with Crippen LogP contribution in [-0.2, 0) is 16.6 Å². The highest BCUT2D eigenvalue weighted by Crippen LogP contribution is 2.07. The van der Waals surface area contributed by atoms with Gasteiger partial charge in [-0.1, -0.05) is 12.1 Å². The molecule has 0 aliphatic rings. The summed E-state index contributed by atoms with van der Waals surface area (Å²) in [4.78, 5) is 6.06. The first-order valence-electron chi connectivity index (χ1n) is 7.17. The van der Waals surface area contributed by atoms with Gasteiger partial charge in [0, 0.05) is 32.7 Å². The summed E-state index contributed by atoms with van der Waals surface area (Å²) in [7, 11) is 0.222. The molecule has 0 saturated heterocycles. The van der Waals surface area contributed by atoms with E-state index < -0.39 is 15.6 Å². The zero-order chi connectivity index (χ0) is 17.7. The highest BCUT2D eigenvalue weighted by atomic mass is 32.2. The molecule has 2 N–H and O–H groups in total. The third-order valence-electron chi connectivity index (χ3n) is 3.06. The Morgan fingerprint density at radius 3 is 2.35 bits per heavy atom. The van der Waals surface area contributed by atoms with E-state index in [0.717, 1.165) is 11.8 Å². The number of guanidine groups is 1. The van der Waals surface area contributed by atoms with Crippen molar-refractivity contribution in [1.82, 2.24) is 14.9 Å². The first-order valence-corrected chi connectivity index (χ1v) is 9.07. The summed E-state index contributed by atoms with van der Waals surface area (Å²) in [6.45, 7) is 4.50. The molecule has 6 nitrogen and oxygen atoms in total. The summed E-state index contributed by atoms with van der Waals surface area (Å²) >= 11 is 0. The van der Waals surface area contributed by atoms with Gasteiger partial charge < -0.3 is 10.2 Å². The van der Waals surface area contributed by atoms with E-state index >= 15 is 0 Å². The predicted octanol–water partition coefficient (Wildman–Crippen LogP) is 1.16. The van der Waals surface area contributed by atoms with Gasteiger partial charge >= 0.3 is 0 Å². The van der Waals surface area contributed by atoms with E-state index in [0.29, 0.717) is 19.0 Å². The molecule has 8 heteroatoms. The maximum Gasteiger partial charge on any atom is 0.209 e. The lowest BCUT2D eigenvalue weighted by Crippen LogP contribution is -2.53. The molecule has 0 atom stereocenters. The second-order valence-electron chi connectivity index (χ2n) is 6.14. The van der Waals surface area contributed by atoms with Gasteiger partial charge in [-0.25, -0.2) is 17.5 Å². The van der Waals surface area contributed by atoms with Crippen molar-refractivity contribution < 1.29 is 12.8 Å². The fourth-order valence-corrected chi connectivity index (χ4v) is 3.24. The van der Waals surface area contributed by atoms with Crippen LogP contribution in [0.1, 0.15) is 19.4 Å². The zero-order valence-electron chi connectivity index (χ0n) is 14.2. The lowest BCUT2D eigenvalue weighted by Gasteiger charge is -2.29. The Labute approximate surface area is 137 Å². The van der Waals surface area contributed by atoms with Crippen LogP contribution in [0.5, 0.6) is 0 Å². The van der Waals surface area contributed by atoms with Crippen LogP contribution in [-0.4, -0.2) is 51.7 Å². The van der Waals surface area contributed by atoms with Gasteiger partial charge in [-0.05, 0) is 31.5 Å². The number of sulfonamides is 1. The minimum Gasteiger partial charge on any atom is -0.354 e. The number of nitrogens with zero attached hydrogens (tertiary/aromatic N) is 2. The number of halogens is 1. The minimum atomic E-state index is -3.29. The van der Waals surface area contributed by atoms with Crippen molar-refractivity contribution in [2.24, 2.45) is 4.99 Å². The van der Waals surface area contributed by atoms with Gasteiger partial charge in [-0.15, -0.1) is 0 Å². The number of nitrogens with one attached hydrogen (secondary N) is 2. The third-order valence-corrected chi connectivity index (χ3v) is 3.98. The summed E-state index contributed by atoms with van der Waals surface area (Å²) in [5.74, 6) is 0.352. The smallest absolute Gasteiger partial charge is 0.209 e. The average Bonchev–Trinajstić information content (AvgIpc) is 2.39. The van der Waals surface area contributed by atoms with Crippen LogP contribution in [0.25, 0.3) is 0 Å². The quantitative estimate of drug-likeness (QED) is 0.600. The first-order chi connectivity index (χ1) is 10.5. The summed E-state index contributed by atoms with van der Waals surface area (Å²) in [5.41, 5.74) is 0.297. The monoisotopic (exact) mass is 344 g/mol. The van der Waals surface area contributed by atoms with Crippen LogP contribution in [0.2, 0.25) is 0 Å². The number of hydrogen-bond acceptors (Lipinski definition) is 3. The van der Waals surface area contributed by atoms with Gasteiger partial charge in [-0.2, -0.15) is 0 Å². The molecular weight excluding hydrogens is 319 g/mol. The van der Waals surface area contributed by atoms with E-state index in [9.17, 15) is 12.8 Å². The second-order valence-corrected chi connectivity index (χ2v) is 7.89. The predicted molar refractivity (Wildman–Crippen MR) is 91.3 cm³/mol. The Hall–Kier alpha value is -1.67. The van der Waals surface area contributed by atoms with Gasteiger partial charge in [0.1, 0.15) is 5.82 Å². The Bertz CT molecular complexity index is 642. The van der Waals surface area contributed by atoms with Crippen molar-refractivity contribution in [1.29, 1.82) is 0 Å². The molecule has 1 rings (SSSR count). The Balaban J connectivity index is 2.64. The average molecular weight is 344 g/mol. The summed E-state index contributed by atoms with van der Waals surface area (Å²) in [5, 5.41) is 3.14. The van der Waals surface area contributed by atoms with Crippen molar-refractivity contribution >= 4 is 16.0 Å². The van der Waals surface area contributed by atoms with Crippen molar-refractivity contribution in [2.75, 3.05) is 26.9 Å². The molecule has 0 bridgehead atoms. The van der Waals surface area contributed by atoms with E-state index in [1.807, 2.05) is 11.9 Å². The molecule has 0 fully saturated rings. The minimum absolute atomic E-state index is 0.271. The lowest BCUT2D eigenvalue weighted by atomic mass is 10.1. The van der Waals surface area contributed by atoms with E-state index in [2.05, 4.69) is 15.0 Å². The largest absolute Gasteiger partial charge is 0.354 e. The number of benzene rings is 1. The van der Waals surface area contributed by atoms with Crippen LogP contribution < -0.4 is 10.0 Å². The van der Waals surface area contributed by atoms with Crippen molar-refractivity contribution in [3.8, 4) is 0 Å². The molecule has 0 heterocycles. The van der Waals surface area contributed by atoms with E-state index in [4.69, 9.17) is 0 Å². The summed E-state index contributed by atoms with van der Waals surface area (Å²) < 4.78 is 38.2. The Morgan fingerprint density at radius 2 is 1.87 bits per heavy atom. The lowest BCUT2D eigenvalue weighted by molar-refractivity contribution is 0.422. The van der Waals surface area contributed by atoms with Gasteiger partial charge in [0.25, 0.3) is 0 Å². The molecule has 0 aliphatic heterocycles. The zero-order valence-corrected chi connectivity index (χ0v) is 15.0. The summed E-state index contributed by atoms with van der Waals surface area (Å²) in [6, 6.07) is 6.26. The van der Waals surface area contributed by atoms with E-state index in [1.54, 1.807) is 33.0 Å². The summed E-state index contributed by atoms with van der Waals surface area (Å²) in [6.07, 6.45) is 1.13. The second kappa shape index (κ2) is 7.74. The SMILES string of the molecule is CN=C(NCC(C)(C)NS(C)(=O)=O)N(C)Cc1ccc(F)cc1. The molecular formula is C15H25FN4O2S. The molecule has 1 aromatic rings. The molecule has 1 aromatic carbocycles. The number of hydrogen-bond donors (Lipinski definition) is 2. The van der Waals surface area contributed by atoms with Crippen molar-refractivity contribution in [2.45, 2.75) is 25.9 Å². The van der Waals surface area contributed by atoms with Gasteiger partial charge in [0.2, 0.25) is 10.0 Å². The van der Waals surface area contributed by atoms with Crippen LogP contribution in [0.15, 0.2) is 29.3 Å². The Morgan fingerprint density at radius 1 is 1.30 bits per heavy atom. The van der Waals surface area contributed by atoms with E-state index in [1.165, 1.54) is 12.1 Å². The highest BCUT2D eigenvalue weighted by Gasteiger charge is 2.22.